The van der Waals surface area contributed by atoms with E-state index in [1.807, 2.05) is 42.5 Å². The van der Waals surface area contributed by atoms with E-state index in [1.54, 1.807) is 0 Å². The molecule has 2 fully saturated rings. The summed E-state index contributed by atoms with van der Waals surface area (Å²) in [4.78, 5) is 15.2. The molecule has 3 atom stereocenters. The van der Waals surface area contributed by atoms with Crippen molar-refractivity contribution in [1.29, 1.82) is 0 Å². The number of hydrogen-bond acceptors (Lipinski definition) is 2. The molecule has 1 saturated carbocycles. The number of carbonyl (C=O) groups excluding carboxylic acids is 1. The number of hydrogen-bond donors (Lipinski definition) is 1. The van der Waals surface area contributed by atoms with Gasteiger partial charge in [0.2, 0.25) is 5.91 Å². The van der Waals surface area contributed by atoms with Gasteiger partial charge in [0.1, 0.15) is 0 Å². The first-order valence-corrected chi connectivity index (χ1v) is 10.7. The van der Waals surface area contributed by atoms with Crippen LogP contribution in [0.4, 0.5) is 0 Å². The Morgan fingerprint density at radius 2 is 1.79 bits per heavy atom. The molecule has 4 rings (SSSR count). The van der Waals surface area contributed by atoms with Crippen molar-refractivity contribution in [2.24, 2.45) is 5.92 Å². The first kappa shape index (κ1) is 19.2. The van der Waals surface area contributed by atoms with Crippen LogP contribution in [0.25, 0.3) is 0 Å². The Hall–Kier alpha value is -2.13. The van der Waals surface area contributed by atoms with E-state index >= 15 is 0 Å². The van der Waals surface area contributed by atoms with E-state index in [1.165, 1.54) is 11.1 Å². The monoisotopic (exact) mass is 377 g/mol. The summed E-state index contributed by atoms with van der Waals surface area (Å²) < 4.78 is 0. The van der Waals surface area contributed by atoms with Crippen molar-refractivity contribution in [3.05, 3.63) is 71.3 Å². The highest BCUT2D eigenvalue weighted by Gasteiger charge is 2.50. The van der Waals surface area contributed by atoms with Gasteiger partial charge in [-0.15, -0.1) is 0 Å². The lowest BCUT2D eigenvalue weighted by molar-refractivity contribution is -0.154. The van der Waals surface area contributed by atoms with Gasteiger partial charge in [-0.25, -0.2) is 0 Å². The second-order valence-corrected chi connectivity index (χ2v) is 8.51. The van der Waals surface area contributed by atoms with Crippen LogP contribution in [0.3, 0.4) is 0 Å². The van der Waals surface area contributed by atoms with Crippen LogP contribution in [-0.2, 0) is 16.8 Å². The maximum atomic E-state index is 13.1. The summed E-state index contributed by atoms with van der Waals surface area (Å²) in [5.74, 6) is 0.384. The van der Waals surface area contributed by atoms with Gasteiger partial charge < -0.3 is 10.0 Å². The predicted octanol–water partition coefficient (Wildman–Crippen LogP) is 4.61. The van der Waals surface area contributed by atoms with E-state index in [9.17, 15) is 9.90 Å². The highest BCUT2D eigenvalue weighted by atomic mass is 16.3. The molecule has 2 aromatic rings. The Balaban J connectivity index is 1.50. The minimum Gasteiger partial charge on any atom is -0.385 e. The average molecular weight is 378 g/mol. The van der Waals surface area contributed by atoms with Gasteiger partial charge in [0.15, 0.2) is 0 Å². The van der Waals surface area contributed by atoms with Gasteiger partial charge in [0.25, 0.3) is 0 Å². The Bertz CT molecular complexity index is 818. The van der Waals surface area contributed by atoms with Crippen LogP contribution in [0.15, 0.2) is 54.6 Å². The zero-order valence-corrected chi connectivity index (χ0v) is 16.8. The van der Waals surface area contributed by atoms with Crippen molar-refractivity contribution in [2.75, 3.05) is 6.54 Å². The van der Waals surface area contributed by atoms with Gasteiger partial charge in [-0.05, 0) is 49.3 Å². The van der Waals surface area contributed by atoms with Gasteiger partial charge in [0, 0.05) is 24.9 Å². The van der Waals surface area contributed by atoms with Crippen LogP contribution in [0, 0.1) is 12.8 Å². The number of amides is 1. The molecule has 0 unspecified atom stereocenters. The van der Waals surface area contributed by atoms with E-state index in [0.29, 0.717) is 19.4 Å². The lowest BCUT2D eigenvalue weighted by atomic mass is 9.66. The fourth-order valence-corrected chi connectivity index (χ4v) is 5.35. The van der Waals surface area contributed by atoms with Crippen molar-refractivity contribution in [3.63, 3.8) is 0 Å². The number of nitrogens with zero attached hydrogens (tertiary/aromatic N) is 1. The molecule has 0 bridgehead atoms. The second kappa shape index (κ2) is 8.08. The highest BCUT2D eigenvalue weighted by molar-refractivity contribution is 5.77. The predicted molar refractivity (Wildman–Crippen MR) is 112 cm³/mol. The summed E-state index contributed by atoms with van der Waals surface area (Å²) in [6, 6.07) is 18.6. The molecule has 1 heterocycles. The van der Waals surface area contributed by atoms with Gasteiger partial charge in [0.05, 0.1) is 5.60 Å². The maximum absolute atomic E-state index is 13.1. The van der Waals surface area contributed by atoms with Crippen molar-refractivity contribution in [3.8, 4) is 0 Å². The van der Waals surface area contributed by atoms with E-state index in [-0.39, 0.29) is 17.9 Å². The van der Waals surface area contributed by atoms with Crippen molar-refractivity contribution in [1.82, 2.24) is 4.90 Å². The van der Waals surface area contributed by atoms with Crippen molar-refractivity contribution < 1.29 is 9.90 Å². The fourth-order valence-electron chi connectivity index (χ4n) is 5.35. The quantitative estimate of drug-likeness (QED) is 0.845. The number of aryl methyl sites for hydroxylation is 2. The molecule has 3 heteroatoms. The zero-order chi connectivity index (χ0) is 19.6. The number of likely N-dealkylation sites (tertiary alicyclic amines) is 1. The summed E-state index contributed by atoms with van der Waals surface area (Å²) in [6.45, 7) is 2.76. The van der Waals surface area contributed by atoms with Crippen LogP contribution < -0.4 is 0 Å². The van der Waals surface area contributed by atoms with E-state index in [2.05, 4.69) is 24.0 Å². The van der Waals surface area contributed by atoms with Gasteiger partial charge in [-0.3, -0.25) is 4.79 Å². The van der Waals surface area contributed by atoms with Gasteiger partial charge in [-0.2, -0.15) is 0 Å². The maximum Gasteiger partial charge on any atom is 0.223 e. The molecular weight excluding hydrogens is 346 g/mol. The Morgan fingerprint density at radius 1 is 1.07 bits per heavy atom. The third kappa shape index (κ3) is 3.60. The summed E-state index contributed by atoms with van der Waals surface area (Å²) in [5.41, 5.74) is 2.72. The molecule has 1 saturated heterocycles. The van der Waals surface area contributed by atoms with Crippen LogP contribution >= 0.6 is 0 Å². The number of fused-ring (bicyclic) bond motifs is 1. The standard InChI is InChI=1S/C25H31NO2/c1-19-9-5-6-10-20(19)15-16-24(27)26-18-17-25(28,21-11-3-2-4-12-21)22-13-7-8-14-23(22)26/h2-6,9-12,22-23,28H,7-8,13-18H2,1H3/t22-,23+,25-/m1/s1. The topological polar surface area (TPSA) is 40.5 Å². The Kier molecular flexibility index (Phi) is 5.54. The number of carbonyl (C=O) groups is 1. The summed E-state index contributed by atoms with van der Waals surface area (Å²) in [6.07, 6.45) is 6.27. The fraction of sp³-hybridized carbons (Fsp3) is 0.480. The molecule has 28 heavy (non-hydrogen) atoms. The first-order chi connectivity index (χ1) is 13.6. The third-order valence-electron chi connectivity index (χ3n) is 6.94. The molecule has 3 nitrogen and oxygen atoms in total. The molecule has 0 aromatic heterocycles. The average Bonchev–Trinajstić information content (AvgIpc) is 2.74. The molecule has 0 radical (unpaired) electrons. The van der Waals surface area contributed by atoms with E-state index in [0.717, 1.165) is 37.7 Å². The highest BCUT2D eigenvalue weighted by Crippen LogP contribution is 2.47. The zero-order valence-electron chi connectivity index (χ0n) is 16.8. The van der Waals surface area contributed by atoms with E-state index in [4.69, 9.17) is 0 Å². The van der Waals surface area contributed by atoms with Crippen LogP contribution in [0.5, 0.6) is 0 Å². The third-order valence-corrected chi connectivity index (χ3v) is 6.94. The summed E-state index contributed by atoms with van der Waals surface area (Å²) in [5, 5.41) is 11.6. The molecule has 2 aliphatic rings. The summed E-state index contributed by atoms with van der Waals surface area (Å²) >= 11 is 0. The first-order valence-electron chi connectivity index (χ1n) is 10.7. The molecular formula is C25H31NO2. The summed E-state index contributed by atoms with van der Waals surface area (Å²) in [7, 11) is 0. The van der Waals surface area contributed by atoms with Gasteiger partial charge >= 0.3 is 0 Å². The smallest absolute Gasteiger partial charge is 0.223 e. The second-order valence-electron chi connectivity index (χ2n) is 8.51. The van der Waals surface area contributed by atoms with Crippen LogP contribution in [-0.4, -0.2) is 28.5 Å². The minimum atomic E-state index is -0.806. The largest absolute Gasteiger partial charge is 0.385 e. The molecule has 2 aromatic carbocycles. The SMILES string of the molecule is Cc1ccccc1CCC(=O)N1CC[C@@](O)(c2ccccc2)[C@@H]2CCCC[C@@H]21. The van der Waals surface area contributed by atoms with Gasteiger partial charge in [-0.1, -0.05) is 67.4 Å². The molecule has 148 valence electrons. The molecule has 0 spiro atoms. The lowest BCUT2D eigenvalue weighted by Gasteiger charge is -2.52. The Morgan fingerprint density at radius 3 is 2.57 bits per heavy atom. The van der Waals surface area contributed by atoms with Crippen molar-refractivity contribution >= 4 is 5.91 Å². The molecule has 1 N–H and O–H groups in total. The van der Waals surface area contributed by atoms with E-state index < -0.39 is 5.60 Å². The van der Waals surface area contributed by atoms with Crippen LogP contribution in [0.2, 0.25) is 0 Å². The molecule has 1 aliphatic carbocycles. The van der Waals surface area contributed by atoms with Crippen molar-refractivity contribution in [2.45, 2.75) is 63.5 Å². The van der Waals surface area contributed by atoms with Crippen LogP contribution in [0.1, 0.15) is 55.2 Å². The number of aliphatic hydroxyl groups is 1. The molecule has 1 amide bonds. The lowest BCUT2D eigenvalue weighted by Crippen LogP contribution is -2.59. The number of rotatable bonds is 4. The Labute approximate surface area is 168 Å². The minimum absolute atomic E-state index is 0.139. The number of piperidine rings is 1. The normalized spacial score (nSPS) is 27.3. The molecule has 1 aliphatic heterocycles. The number of benzene rings is 2.